The third-order valence-electron chi connectivity index (χ3n) is 4.67. The highest BCUT2D eigenvalue weighted by molar-refractivity contribution is 5.74. The fraction of sp³-hybridized carbons (Fsp3) is 0.130. The molecular weight excluding hydrogens is 394 g/mol. The molecule has 3 heterocycles. The maximum Gasteiger partial charge on any atom is 0.433 e. The number of benzene rings is 1. The molecule has 0 radical (unpaired) electrons. The van der Waals surface area contributed by atoms with Crippen molar-refractivity contribution in [3.8, 4) is 11.3 Å². The van der Waals surface area contributed by atoms with Crippen LogP contribution >= 0.6 is 0 Å². The molecular formula is C23H17F4N3. The van der Waals surface area contributed by atoms with E-state index in [9.17, 15) is 17.6 Å². The molecule has 0 atom stereocenters. The van der Waals surface area contributed by atoms with Gasteiger partial charge in [0.25, 0.3) is 0 Å². The summed E-state index contributed by atoms with van der Waals surface area (Å²) in [4.78, 5) is 9.75. The van der Waals surface area contributed by atoms with Crippen LogP contribution in [0.25, 0.3) is 16.8 Å². The molecule has 3 aromatic rings. The summed E-state index contributed by atoms with van der Waals surface area (Å²) in [6.07, 6.45) is 4.19. The van der Waals surface area contributed by atoms with Crippen LogP contribution in [0.15, 0.2) is 79.3 Å². The van der Waals surface area contributed by atoms with Gasteiger partial charge in [-0.1, -0.05) is 30.4 Å². The number of pyridine rings is 2. The normalized spacial score (nSPS) is 14.0. The van der Waals surface area contributed by atoms with Crippen LogP contribution in [0.3, 0.4) is 0 Å². The van der Waals surface area contributed by atoms with Crippen LogP contribution in [0.1, 0.15) is 16.8 Å². The summed E-state index contributed by atoms with van der Waals surface area (Å²) in [5, 5.41) is 0. The molecule has 0 aliphatic carbocycles. The highest BCUT2D eigenvalue weighted by Gasteiger charge is 2.32. The predicted octanol–water partition coefficient (Wildman–Crippen LogP) is 5.71. The lowest BCUT2D eigenvalue weighted by atomic mass is 10.0. The lowest BCUT2D eigenvalue weighted by Gasteiger charge is -2.23. The van der Waals surface area contributed by atoms with Gasteiger partial charge in [-0.05, 0) is 47.0 Å². The Kier molecular flexibility index (Phi) is 5.35. The standard InChI is InChI=1S/C23H17F4N3/c24-20-5-1-3-17(11-20)19-4-2-10-30(15-19)14-16-6-7-21(29-13-16)18-8-9-28-22(12-18)23(25,26)27/h1-9,11-13,15H,10,14H2. The van der Waals surface area contributed by atoms with Crippen molar-refractivity contribution in [1.29, 1.82) is 0 Å². The number of halogens is 4. The molecule has 1 aliphatic rings. The van der Waals surface area contributed by atoms with E-state index >= 15 is 0 Å². The molecule has 7 heteroatoms. The van der Waals surface area contributed by atoms with Gasteiger partial charge in [0.1, 0.15) is 11.5 Å². The second-order valence-corrected chi connectivity index (χ2v) is 6.91. The average molecular weight is 411 g/mol. The Hall–Kier alpha value is -3.48. The Labute approximate surface area is 171 Å². The fourth-order valence-electron chi connectivity index (χ4n) is 3.22. The number of rotatable bonds is 4. The molecule has 1 aliphatic heterocycles. The van der Waals surface area contributed by atoms with Crippen LogP contribution in [-0.4, -0.2) is 21.4 Å². The van der Waals surface area contributed by atoms with E-state index in [0.29, 0.717) is 24.3 Å². The van der Waals surface area contributed by atoms with Gasteiger partial charge >= 0.3 is 6.18 Å². The van der Waals surface area contributed by atoms with Crippen molar-refractivity contribution in [2.45, 2.75) is 12.7 Å². The molecule has 0 spiro atoms. The lowest BCUT2D eigenvalue weighted by Crippen LogP contribution is -2.19. The predicted molar refractivity (Wildman–Crippen MR) is 106 cm³/mol. The highest BCUT2D eigenvalue weighted by Crippen LogP contribution is 2.30. The number of hydrogen-bond donors (Lipinski definition) is 0. The van der Waals surface area contributed by atoms with Gasteiger partial charge in [0, 0.05) is 37.2 Å². The summed E-state index contributed by atoms with van der Waals surface area (Å²) >= 11 is 0. The van der Waals surface area contributed by atoms with Crippen molar-refractivity contribution in [1.82, 2.24) is 14.9 Å². The van der Waals surface area contributed by atoms with Crippen LogP contribution in [0, 0.1) is 5.82 Å². The second-order valence-electron chi connectivity index (χ2n) is 6.91. The van der Waals surface area contributed by atoms with Crippen molar-refractivity contribution < 1.29 is 17.6 Å². The van der Waals surface area contributed by atoms with Crippen molar-refractivity contribution in [2.75, 3.05) is 6.54 Å². The Balaban J connectivity index is 1.50. The van der Waals surface area contributed by atoms with Crippen molar-refractivity contribution in [2.24, 2.45) is 0 Å². The quantitative estimate of drug-likeness (QED) is 0.515. The second kappa shape index (κ2) is 8.10. The number of allylic oxidation sites excluding steroid dienone is 2. The topological polar surface area (TPSA) is 29.0 Å². The smallest absolute Gasteiger partial charge is 0.369 e. The number of alkyl halides is 3. The van der Waals surface area contributed by atoms with Crippen molar-refractivity contribution in [3.63, 3.8) is 0 Å². The summed E-state index contributed by atoms with van der Waals surface area (Å²) in [7, 11) is 0. The zero-order valence-electron chi connectivity index (χ0n) is 15.8. The molecule has 30 heavy (non-hydrogen) atoms. The average Bonchev–Trinajstić information content (AvgIpc) is 2.74. The van der Waals surface area contributed by atoms with Gasteiger partial charge < -0.3 is 4.90 Å². The lowest BCUT2D eigenvalue weighted by molar-refractivity contribution is -0.141. The van der Waals surface area contributed by atoms with Crippen LogP contribution in [0.2, 0.25) is 0 Å². The van der Waals surface area contributed by atoms with Crippen LogP contribution in [0.4, 0.5) is 17.6 Å². The molecule has 0 N–H and O–H groups in total. The Morgan fingerprint density at radius 3 is 2.57 bits per heavy atom. The van der Waals surface area contributed by atoms with Crippen molar-refractivity contribution in [3.05, 3.63) is 102 Å². The first-order chi connectivity index (χ1) is 14.4. The number of nitrogens with zero attached hydrogens (tertiary/aromatic N) is 3. The molecule has 1 aromatic carbocycles. The molecule has 4 rings (SSSR count). The van der Waals surface area contributed by atoms with Crippen LogP contribution in [-0.2, 0) is 12.7 Å². The molecule has 0 unspecified atom stereocenters. The monoisotopic (exact) mass is 411 g/mol. The Morgan fingerprint density at radius 1 is 0.967 bits per heavy atom. The van der Waals surface area contributed by atoms with Gasteiger partial charge in [0.15, 0.2) is 0 Å². The summed E-state index contributed by atoms with van der Waals surface area (Å²) in [5.41, 5.74) is 2.47. The first-order valence-electron chi connectivity index (χ1n) is 9.25. The van der Waals surface area contributed by atoms with E-state index in [1.165, 1.54) is 18.2 Å². The Bertz CT molecular complexity index is 1100. The maximum atomic E-state index is 13.5. The first kappa shape index (κ1) is 19.8. The minimum atomic E-state index is -4.50. The SMILES string of the molecule is Fc1cccc(C2=CN(Cc3ccc(-c4ccnc(C(F)(F)F)c4)nc3)CC=C2)c1. The molecule has 0 fully saturated rings. The Morgan fingerprint density at radius 2 is 1.83 bits per heavy atom. The van der Waals surface area contributed by atoms with E-state index in [2.05, 4.69) is 14.9 Å². The minimum absolute atomic E-state index is 0.288. The molecule has 0 amide bonds. The maximum absolute atomic E-state index is 13.5. The van der Waals surface area contributed by atoms with Crippen LogP contribution in [0.5, 0.6) is 0 Å². The fourth-order valence-corrected chi connectivity index (χ4v) is 3.22. The first-order valence-corrected chi connectivity index (χ1v) is 9.25. The summed E-state index contributed by atoms with van der Waals surface area (Å²) in [6, 6.07) is 12.4. The summed E-state index contributed by atoms with van der Waals surface area (Å²) < 4.78 is 52.1. The highest BCUT2D eigenvalue weighted by atomic mass is 19.4. The summed E-state index contributed by atoms with van der Waals surface area (Å²) in [5.74, 6) is -0.288. The third-order valence-corrected chi connectivity index (χ3v) is 4.67. The van der Waals surface area contributed by atoms with E-state index in [1.807, 2.05) is 30.5 Å². The number of hydrogen-bond acceptors (Lipinski definition) is 3. The van der Waals surface area contributed by atoms with Gasteiger partial charge in [-0.25, -0.2) is 4.39 Å². The van der Waals surface area contributed by atoms with E-state index in [4.69, 9.17) is 0 Å². The van der Waals surface area contributed by atoms with E-state index in [0.717, 1.165) is 29.0 Å². The van der Waals surface area contributed by atoms with Crippen molar-refractivity contribution >= 4 is 5.57 Å². The molecule has 0 saturated carbocycles. The molecule has 3 nitrogen and oxygen atoms in total. The van der Waals surface area contributed by atoms with Gasteiger partial charge in [0.2, 0.25) is 0 Å². The molecule has 0 saturated heterocycles. The zero-order valence-corrected chi connectivity index (χ0v) is 15.8. The largest absolute Gasteiger partial charge is 0.433 e. The van der Waals surface area contributed by atoms with Gasteiger partial charge in [-0.15, -0.1) is 0 Å². The molecule has 2 aromatic heterocycles. The number of aromatic nitrogens is 2. The zero-order chi connectivity index (χ0) is 21.1. The van der Waals surface area contributed by atoms with Crippen LogP contribution < -0.4 is 0 Å². The molecule has 152 valence electrons. The molecule has 0 bridgehead atoms. The van der Waals surface area contributed by atoms with Gasteiger partial charge in [-0.3, -0.25) is 9.97 Å². The van der Waals surface area contributed by atoms with Gasteiger partial charge in [0.05, 0.1) is 5.69 Å². The minimum Gasteiger partial charge on any atom is -0.369 e. The summed E-state index contributed by atoms with van der Waals surface area (Å²) in [6.45, 7) is 1.26. The third kappa shape index (κ3) is 4.56. The van der Waals surface area contributed by atoms with E-state index < -0.39 is 11.9 Å². The van der Waals surface area contributed by atoms with Gasteiger partial charge in [-0.2, -0.15) is 13.2 Å². The van der Waals surface area contributed by atoms with E-state index in [1.54, 1.807) is 18.3 Å². The van der Waals surface area contributed by atoms with E-state index in [-0.39, 0.29) is 5.82 Å².